The van der Waals surface area contributed by atoms with E-state index in [4.69, 9.17) is 11.6 Å². The number of rotatable bonds is 6. The van der Waals surface area contributed by atoms with Crippen LogP contribution in [0.4, 0.5) is 5.69 Å². The van der Waals surface area contributed by atoms with Gasteiger partial charge >= 0.3 is 0 Å². The lowest BCUT2D eigenvalue weighted by Gasteiger charge is -2.20. The van der Waals surface area contributed by atoms with Gasteiger partial charge in [-0.25, -0.2) is 0 Å². The second-order valence-electron chi connectivity index (χ2n) is 7.35. The molecule has 0 aromatic heterocycles. The zero-order valence-electron chi connectivity index (χ0n) is 17.1. The van der Waals surface area contributed by atoms with Crippen molar-refractivity contribution in [1.29, 1.82) is 0 Å². The van der Waals surface area contributed by atoms with E-state index >= 15 is 0 Å². The predicted octanol–water partition coefficient (Wildman–Crippen LogP) is 5.70. The number of nitrogens with one attached hydrogen (secondary N) is 2. The Morgan fingerprint density at radius 2 is 1.47 bits per heavy atom. The highest BCUT2D eigenvalue weighted by Crippen LogP contribution is 2.31. The van der Waals surface area contributed by atoms with Crippen molar-refractivity contribution in [1.82, 2.24) is 5.32 Å². The molecule has 0 aliphatic rings. The third kappa shape index (κ3) is 4.74. The molecular formula is C26H21ClN2O3. The van der Waals surface area contributed by atoms with Crippen LogP contribution in [-0.2, 0) is 4.79 Å². The number of anilines is 1. The van der Waals surface area contributed by atoms with Gasteiger partial charge in [0.05, 0.1) is 23.0 Å². The van der Waals surface area contributed by atoms with E-state index in [1.54, 1.807) is 42.5 Å². The van der Waals surface area contributed by atoms with E-state index in [9.17, 15) is 14.7 Å². The molecule has 4 aromatic carbocycles. The monoisotopic (exact) mass is 444 g/mol. The highest BCUT2D eigenvalue weighted by Gasteiger charge is 2.21. The minimum atomic E-state index is -0.552. The molecule has 160 valence electrons. The van der Waals surface area contributed by atoms with E-state index < -0.39 is 6.04 Å². The lowest BCUT2D eigenvalue weighted by molar-refractivity contribution is -0.116. The zero-order valence-corrected chi connectivity index (χ0v) is 17.8. The van der Waals surface area contributed by atoms with Gasteiger partial charge in [0.15, 0.2) is 0 Å². The van der Waals surface area contributed by atoms with Gasteiger partial charge in [-0.15, -0.1) is 0 Å². The van der Waals surface area contributed by atoms with Crippen LogP contribution in [0.15, 0.2) is 91.0 Å². The van der Waals surface area contributed by atoms with Gasteiger partial charge < -0.3 is 15.7 Å². The number of carbonyl (C=O) groups excluding carboxylic acids is 2. The van der Waals surface area contributed by atoms with Gasteiger partial charge in [-0.05, 0) is 29.8 Å². The van der Waals surface area contributed by atoms with Gasteiger partial charge in [0.2, 0.25) is 5.91 Å². The van der Waals surface area contributed by atoms with Gasteiger partial charge in [0, 0.05) is 16.5 Å². The van der Waals surface area contributed by atoms with Crippen LogP contribution in [0.1, 0.15) is 28.4 Å². The van der Waals surface area contributed by atoms with E-state index in [0.717, 1.165) is 10.9 Å². The number of fused-ring (bicyclic) bond motifs is 1. The molecule has 0 saturated carbocycles. The third-order valence-electron chi connectivity index (χ3n) is 5.19. The number of hydrogen-bond donors (Lipinski definition) is 3. The van der Waals surface area contributed by atoms with Crippen LogP contribution in [-0.4, -0.2) is 16.9 Å². The minimum absolute atomic E-state index is 0.0232. The molecule has 0 heterocycles. The van der Waals surface area contributed by atoms with Crippen molar-refractivity contribution in [3.63, 3.8) is 0 Å². The van der Waals surface area contributed by atoms with Crippen molar-refractivity contribution < 1.29 is 14.7 Å². The summed E-state index contributed by atoms with van der Waals surface area (Å²) in [4.78, 5) is 25.8. The number of phenolic OH excluding ortho intramolecular Hbond substituents is 1. The highest BCUT2D eigenvalue weighted by atomic mass is 35.5. The number of hydrogen-bond acceptors (Lipinski definition) is 3. The van der Waals surface area contributed by atoms with Crippen molar-refractivity contribution in [2.75, 3.05) is 5.32 Å². The van der Waals surface area contributed by atoms with Gasteiger partial charge in [-0.3, -0.25) is 9.59 Å². The fraction of sp³-hybridized carbons (Fsp3) is 0.0769. The fourth-order valence-corrected chi connectivity index (χ4v) is 3.82. The van der Waals surface area contributed by atoms with Crippen LogP contribution in [0.5, 0.6) is 5.75 Å². The Morgan fingerprint density at radius 1 is 0.812 bits per heavy atom. The molecule has 0 aliphatic carbocycles. The summed E-state index contributed by atoms with van der Waals surface area (Å²) in [5.74, 6) is -0.478. The van der Waals surface area contributed by atoms with Crippen LogP contribution in [0.25, 0.3) is 10.8 Å². The van der Waals surface area contributed by atoms with Gasteiger partial charge in [0.1, 0.15) is 5.75 Å². The maximum atomic E-state index is 13.0. The predicted molar refractivity (Wildman–Crippen MR) is 127 cm³/mol. The molecule has 0 saturated heterocycles. The molecule has 32 heavy (non-hydrogen) atoms. The van der Waals surface area contributed by atoms with E-state index in [2.05, 4.69) is 10.6 Å². The van der Waals surface area contributed by atoms with Gasteiger partial charge in [0.25, 0.3) is 5.91 Å². The summed E-state index contributed by atoms with van der Waals surface area (Å²) in [6.45, 7) is 0. The molecule has 0 spiro atoms. The molecule has 6 heteroatoms. The van der Waals surface area contributed by atoms with Crippen LogP contribution in [0, 0.1) is 0 Å². The number of amides is 2. The lowest BCUT2D eigenvalue weighted by Crippen LogP contribution is -2.31. The van der Waals surface area contributed by atoms with Crippen molar-refractivity contribution in [2.24, 2.45) is 0 Å². The molecule has 0 aliphatic heterocycles. The van der Waals surface area contributed by atoms with Crippen molar-refractivity contribution in [3.05, 3.63) is 107 Å². The van der Waals surface area contributed by atoms with Crippen LogP contribution >= 0.6 is 11.6 Å². The normalized spacial score (nSPS) is 11.7. The Kier molecular flexibility index (Phi) is 6.38. The van der Waals surface area contributed by atoms with Gasteiger partial charge in [-0.2, -0.15) is 0 Å². The summed E-state index contributed by atoms with van der Waals surface area (Å²) < 4.78 is 0. The summed E-state index contributed by atoms with van der Waals surface area (Å²) >= 11 is 6.17. The first-order valence-electron chi connectivity index (χ1n) is 10.1. The Balaban J connectivity index is 1.57. The molecule has 0 bridgehead atoms. The minimum Gasteiger partial charge on any atom is -0.507 e. The van der Waals surface area contributed by atoms with E-state index in [0.29, 0.717) is 21.7 Å². The molecular weight excluding hydrogens is 424 g/mol. The molecule has 4 rings (SSSR count). The second kappa shape index (κ2) is 9.54. The molecule has 0 unspecified atom stereocenters. The third-order valence-corrected chi connectivity index (χ3v) is 5.52. The Bertz CT molecular complexity index is 1270. The van der Waals surface area contributed by atoms with Gasteiger partial charge in [-0.1, -0.05) is 78.3 Å². The van der Waals surface area contributed by atoms with Crippen molar-refractivity contribution in [2.45, 2.75) is 12.5 Å². The Hall–Kier alpha value is -3.83. The SMILES string of the molecule is O=C(C[C@H](NC(=O)c1ccccc1Cl)c1ccccc1)Nc1ccc(O)c2ccccc12. The zero-order chi connectivity index (χ0) is 22.5. The first kappa shape index (κ1) is 21.4. The van der Waals surface area contributed by atoms with E-state index in [1.807, 2.05) is 48.5 Å². The summed E-state index contributed by atoms with van der Waals surface area (Å²) in [5, 5.41) is 17.6. The van der Waals surface area contributed by atoms with E-state index in [1.165, 1.54) is 0 Å². The average molecular weight is 445 g/mol. The topological polar surface area (TPSA) is 78.4 Å². The first-order chi connectivity index (χ1) is 15.5. The highest BCUT2D eigenvalue weighted by molar-refractivity contribution is 6.33. The Labute approximate surface area is 190 Å². The second-order valence-corrected chi connectivity index (χ2v) is 7.75. The molecule has 3 N–H and O–H groups in total. The van der Waals surface area contributed by atoms with Crippen LogP contribution < -0.4 is 10.6 Å². The summed E-state index contributed by atoms with van der Waals surface area (Å²) in [6, 6.07) is 26.0. The van der Waals surface area contributed by atoms with E-state index in [-0.39, 0.29) is 24.0 Å². The maximum absolute atomic E-state index is 13.0. The average Bonchev–Trinajstić information content (AvgIpc) is 2.81. The molecule has 2 amide bonds. The van der Waals surface area contributed by atoms with Crippen LogP contribution in [0.3, 0.4) is 0 Å². The molecule has 4 aromatic rings. The number of carbonyl (C=O) groups is 2. The maximum Gasteiger partial charge on any atom is 0.253 e. The summed E-state index contributed by atoms with van der Waals surface area (Å²) in [6.07, 6.45) is 0.0232. The standard InChI is InChI=1S/C26H21ClN2O3/c27-21-13-7-6-12-20(21)26(32)29-23(17-8-2-1-3-9-17)16-25(31)28-22-14-15-24(30)19-11-5-4-10-18(19)22/h1-15,23,30H,16H2,(H,28,31)(H,29,32)/t23-/m0/s1. The number of phenols is 1. The number of halogens is 1. The largest absolute Gasteiger partial charge is 0.507 e. The molecule has 0 radical (unpaired) electrons. The molecule has 5 nitrogen and oxygen atoms in total. The Morgan fingerprint density at radius 3 is 2.22 bits per heavy atom. The molecule has 0 fully saturated rings. The summed E-state index contributed by atoms with van der Waals surface area (Å²) in [7, 11) is 0. The first-order valence-corrected chi connectivity index (χ1v) is 10.5. The fourth-order valence-electron chi connectivity index (χ4n) is 3.60. The smallest absolute Gasteiger partial charge is 0.253 e. The summed E-state index contributed by atoms with van der Waals surface area (Å²) in [5.41, 5.74) is 1.74. The lowest BCUT2D eigenvalue weighted by atomic mass is 10.0. The number of benzene rings is 4. The van der Waals surface area contributed by atoms with Crippen LogP contribution in [0.2, 0.25) is 5.02 Å². The van der Waals surface area contributed by atoms with Crippen molar-refractivity contribution in [3.8, 4) is 5.75 Å². The quantitative estimate of drug-likeness (QED) is 0.334. The number of aromatic hydroxyl groups is 1. The molecule has 1 atom stereocenters. The van der Waals surface area contributed by atoms with Crippen molar-refractivity contribution >= 4 is 39.9 Å².